The maximum absolute atomic E-state index is 13.0. The van der Waals surface area contributed by atoms with Crippen LogP contribution in [0.1, 0.15) is 36.3 Å². The predicted octanol–water partition coefficient (Wildman–Crippen LogP) is 3.51. The Balaban J connectivity index is 1.46. The van der Waals surface area contributed by atoms with Crippen LogP contribution in [0.15, 0.2) is 30.3 Å². The van der Waals surface area contributed by atoms with Crippen LogP contribution < -0.4 is 10.6 Å². The first-order valence-electron chi connectivity index (χ1n) is 9.20. The van der Waals surface area contributed by atoms with Gasteiger partial charge in [-0.05, 0) is 32.2 Å². The van der Waals surface area contributed by atoms with Crippen molar-refractivity contribution in [3.8, 4) is 10.6 Å². The van der Waals surface area contributed by atoms with Crippen LogP contribution in [-0.2, 0) is 11.3 Å². The monoisotopic (exact) mass is 355 g/mol. The Morgan fingerprint density at radius 3 is 3.04 bits per heavy atom. The summed E-state index contributed by atoms with van der Waals surface area (Å²) < 4.78 is 0. The number of hydrogen-bond donors (Lipinski definition) is 2. The second-order valence-corrected chi connectivity index (χ2v) is 8.39. The highest BCUT2D eigenvalue weighted by Gasteiger charge is 2.49. The fraction of sp³-hybridized carbons (Fsp3) is 0.500. The van der Waals surface area contributed by atoms with Crippen LogP contribution in [0.4, 0.5) is 0 Å². The summed E-state index contributed by atoms with van der Waals surface area (Å²) in [6.07, 6.45) is 4.63. The van der Waals surface area contributed by atoms with E-state index in [1.54, 1.807) is 11.3 Å². The minimum absolute atomic E-state index is 0.181. The van der Waals surface area contributed by atoms with Crippen molar-refractivity contribution in [1.29, 1.82) is 0 Å². The Kier molecular flexibility index (Phi) is 4.61. The molecule has 2 aromatic rings. The molecule has 1 aliphatic carbocycles. The van der Waals surface area contributed by atoms with E-state index in [0.29, 0.717) is 12.5 Å². The third-order valence-electron chi connectivity index (χ3n) is 5.81. The van der Waals surface area contributed by atoms with Gasteiger partial charge in [-0.2, -0.15) is 0 Å². The van der Waals surface area contributed by atoms with E-state index in [4.69, 9.17) is 4.98 Å². The van der Waals surface area contributed by atoms with Crippen LogP contribution in [0.25, 0.3) is 10.6 Å². The Bertz CT molecular complexity index is 758. The van der Waals surface area contributed by atoms with Crippen molar-refractivity contribution in [3.05, 3.63) is 40.9 Å². The van der Waals surface area contributed by atoms with Crippen molar-refractivity contribution in [3.63, 3.8) is 0 Å². The molecule has 0 unspecified atom stereocenters. The number of aromatic nitrogens is 1. The van der Waals surface area contributed by atoms with Crippen LogP contribution >= 0.6 is 11.3 Å². The minimum atomic E-state index is -0.181. The molecule has 4 rings (SSSR count). The van der Waals surface area contributed by atoms with E-state index in [-0.39, 0.29) is 11.3 Å². The van der Waals surface area contributed by atoms with Gasteiger partial charge in [-0.3, -0.25) is 4.79 Å². The molecule has 1 saturated carbocycles. The third-order valence-corrected chi connectivity index (χ3v) is 7.02. The molecule has 2 N–H and O–H groups in total. The van der Waals surface area contributed by atoms with E-state index in [9.17, 15) is 4.79 Å². The van der Waals surface area contributed by atoms with E-state index in [1.165, 1.54) is 19.3 Å². The van der Waals surface area contributed by atoms with Gasteiger partial charge in [0.05, 0.1) is 17.7 Å². The van der Waals surface area contributed by atoms with Gasteiger partial charge in [0.25, 0.3) is 0 Å². The number of thiazole rings is 1. The standard InChI is InChI=1S/C20H25N3OS/c1-14-17(25-18(23-14)15-7-3-2-4-8-15)12-22-19(24)20-10-6-5-9-16(20)11-21-13-20/h2-4,7-8,16,21H,5-6,9-13H2,1H3,(H,22,24)/t16-,20+/m0/s1. The molecule has 1 amide bonds. The lowest BCUT2D eigenvalue weighted by Crippen LogP contribution is -2.47. The molecule has 0 bridgehead atoms. The van der Waals surface area contributed by atoms with Gasteiger partial charge in [0.15, 0.2) is 0 Å². The summed E-state index contributed by atoms with van der Waals surface area (Å²) in [4.78, 5) is 18.8. The second kappa shape index (κ2) is 6.89. The van der Waals surface area contributed by atoms with Gasteiger partial charge in [-0.15, -0.1) is 11.3 Å². The van der Waals surface area contributed by atoms with E-state index < -0.39 is 0 Å². The van der Waals surface area contributed by atoms with E-state index in [1.807, 2.05) is 25.1 Å². The fourth-order valence-corrected chi connectivity index (χ4v) is 5.33. The van der Waals surface area contributed by atoms with E-state index in [2.05, 4.69) is 22.8 Å². The molecule has 5 heteroatoms. The van der Waals surface area contributed by atoms with Crippen LogP contribution in [0.3, 0.4) is 0 Å². The SMILES string of the molecule is Cc1nc(-c2ccccc2)sc1CNC(=O)[C@@]12CCCC[C@H]1CNC2. The zero-order valence-corrected chi connectivity index (χ0v) is 15.5. The lowest BCUT2D eigenvalue weighted by molar-refractivity contribution is -0.134. The summed E-state index contributed by atoms with van der Waals surface area (Å²) in [5.74, 6) is 0.736. The first kappa shape index (κ1) is 16.7. The summed E-state index contributed by atoms with van der Waals surface area (Å²) in [5, 5.41) is 7.71. The number of aryl methyl sites for hydroxylation is 1. The van der Waals surface area contributed by atoms with Gasteiger partial charge >= 0.3 is 0 Å². The van der Waals surface area contributed by atoms with Gasteiger partial charge in [0.1, 0.15) is 5.01 Å². The summed E-state index contributed by atoms with van der Waals surface area (Å²) in [6.45, 7) is 4.44. The quantitative estimate of drug-likeness (QED) is 0.882. The summed E-state index contributed by atoms with van der Waals surface area (Å²) in [7, 11) is 0. The largest absolute Gasteiger partial charge is 0.351 e. The van der Waals surface area contributed by atoms with Gasteiger partial charge in [-0.1, -0.05) is 43.2 Å². The van der Waals surface area contributed by atoms with Crippen molar-refractivity contribution in [2.75, 3.05) is 13.1 Å². The third kappa shape index (κ3) is 3.11. The van der Waals surface area contributed by atoms with Crippen LogP contribution in [0.5, 0.6) is 0 Å². The molecule has 1 aliphatic heterocycles. The molecule has 1 aromatic heterocycles. The fourth-order valence-electron chi connectivity index (χ4n) is 4.32. The van der Waals surface area contributed by atoms with Crippen LogP contribution in [0, 0.1) is 18.3 Å². The Hall–Kier alpha value is -1.72. The highest BCUT2D eigenvalue weighted by atomic mass is 32.1. The first-order valence-corrected chi connectivity index (χ1v) is 10.0. The van der Waals surface area contributed by atoms with Gasteiger partial charge in [-0.25, -0.2) is 4.98 Å². The van der Waals surface area contributed by atoms with Gasteiger partial charge < -0.3 is 10.6 Å². The average molecular weight is 356 g/mol. The first-order chi connectivity index (χ1) is 12.2. The van der Waals surface area contributed by atoms with E-state index >= 15 is 0 Å². The van der Waals surface area contributed by atoms with Crippen molar-refractivity contribution >= 4 is 17.2 Å². The number of amides is 1. The number of carbonyl (C=O) groups excluding carboxylic acids is 1. The Morgan fingerprint density at radius 1 is 1.36 bits per heavy atom. The molecule has 1 saturated heterocycles. The smallest absolute Gasteiger partial charge is 0.228 e. The summed E-state index contributed by atoms with van der Waals surface area (Å²) in [6, 6.07) is 10.2. The molecule has 4 nitrogen and oxygen atoms in total. The molecule has 2 atom stereocenters. The molecule has 1 aromatic carbocycles. The zero-order valence-electron chi connectivity index (χ0n) is 14.7. The van der Waals surface area contributed by atoms with Crippen molar-refractivity contribution in [2.45, 2.75) is 39.2 Å². The minimum Gasteiger partial charge on any atom is -0.351 e. The molecule has 0 radical (unpaired) electrons. The van der Waals surface area contributed by atoms with Crippen molar-refractivity contribution in [2.24, 2.45) is 11.3 Å². The highest BCUT2D eigenvalue weighted by Crippen LogP contribution is 2.44. The molecule has 0 spiro atoms. The number of fused-ring (bicyclic) bond motifs is 1. The van der Waals surface area contributed by atoms with Crippen molar-refractivity contribution in [1.82, 2.24) is 15.6 Å². The molecule has 25 heavy (non-hydrogen) atoms. The molecule has 132 valence electrons. The average Bonchev–Trinajstić information content (AvgIpc) is 3.25. The molecule has 2 heterocycles. The maximum Gasteiger partial charge on any atom is 0.228 e. The second-order valence-electron chi connectivity index (χ2n) is 7.31. The number of nitrogens with zero attached hydrogens (tertiary/aromatic N) is 1. The normalized spacial score (nSPS) is 25.6. The van der Waals surface area contributed by atoms with Gasteiger partial charge in [0.2, 0.25) is 5.91 Å². The topological polar surface area (TPSA) is 54.0 Å². The van der Waals surface area contributed by atoms with Crippen LogP contribution in [0.2, 0.25) is 0 Å². The van der Waals surface area contributed by atoms with Crippen LogP contribution in [-0.4, -0.2) is 24.0 Å². The zero-order chi connectivity index (χ0) is 17.3. The summed E-state index contributed by atoms with van der Waals surface area (Å²) in [5.41, 5.74) is 1.98. The van der Waals surface area contributed by atoms with Crippen molar-refractivity contribution < 1.29 is 4.79 Å². The maximum atomic E-state index is 13.0. The molecule has 2 fully saturated rings. The predicted molar refractivity (Wildman–Crippen MR) is 101 cm³/mol. The summed E-state index contributed by atoms with van der Waals surface area (Å²) >= 11 is 1.68. The molecular weight excluding hydrogens is 330 g/mol. The molecular formula is C20H25N3OS. The number of nitrogens with one attached hydrogen (secondary N) is 2. The Labute approximate surface area is 153 Å². The highest BCUT2D eigenvalue weighted by molar-refractivity contribution is 7.15. The number of carbonyl (C=O) groups is 1. The number of hydrogen-bond acceptors (Lipinski definition) is 4. The van der Waals surface area contributed by atoms with Gasteiger partial charge in [0, 0.05) is 17.0 Å². The van der Waals surface area contributed by atoms with E-state index in [0.717, 1.165) is 40.7 Å². The number of rotatable bonds is 4. The lowest BCUT2D eigenvalue weighted by atomic mass is 9.67. The molecule has 2 aliphatic rings. The number of benzene rings is 1. The Morgan fingerprint density at radius 2 is 2.20 bits per heavy atom. The lowest BCUT2D eigenvalue weighted by Gasteiger charge is -2.37.